The van der Waals surface area contributed by atoms with Gasteiger partial charge in [-0.1, -0.05) is 30.1 Å². The van der Waals surface area contributed by atoms with Gasteiger partial charge in [-0.15, -0.1) is 0 Å². The number of amides is 2. The van der Waals surface area contributed by atoms with E-state index in [0.717, 1.165) is 12.0 Å². The first-order valence-corrected chi connectivity index (χ1v) is 10.2. The van der Waals surface area contributed by atoms with Crippen molar-refractivity contribution in [2.24, 2.45) is 0 Å². The molecule has 0 bridgehead atoms. The smallest absolute Gasteiger partial charge is 0.318 e. The van der Waals surface area contributed by atoms with E-state index in [0.29, 0.717) is 39.1 Å². The Kier molecular flexibility index (Phi) is 7.18. The van der Waals surface area contributed by atoms with E-state index in [9.17, 15) is 9.59 Å². The number of aromatic nitrogens is 2. The second-order valence-corrected chi connectivity index (χ2v) is 7.58. The molecule has 0 atom stereocenters. The van der Waals surface area contributed by atoms with Gasteiger partial charge in [0, 0.05) is 28.7 Å². The van der Waals surface area contributed by atoms with E-state index in [2.05, 4.69) is 15.3 Å². The number of rotatable bonds is 7. The number of methoxy groups -OCH3 is 1. The fourth-order valence-corrected chi connectivity index (χ4v) is 3.47. The highest BCUT2D eigenvalue weighted by Gasteiger charge is 2.16. The number of carbonyl (C=O) groups excluding carboxylic acids is 1. The summed E-state index contributed by atoms with van der Waals surface area (Å²) in [5.41, 5.74) is 0.982. The molecule has 2 aromatic carbocycles. The number of hydrogen-bond acceptors (Lipinski definition) is 4. The Morgan fingerprint density at radius 3 is 2.67 bits per heavy atom. The fourth-order valence-electron chi connectivity index (χ4n) is 3.11. The summed E-state index contributed by atoms with van der Waals surface area (Å²) in [6, 6.07) is 9.84. The molecule has 0 saturated carbocycles. The first-order valence-electron chi connectivity index (χ1n) is 9.45. The van der Waals surface area contributed by atoms with Crippen LogP contribution in [0.15, 0.2) is 41.2 Å². The molecule has 0 aliphatic heterocycles. The molecule has 158 valence electrons. The molecule has 30 heavy (non-hydrogen) atoms. The number of benzene rings is 2. The SMILES string of the molecule is CCCN(Cc1nc2cc(Cl)ccc2c(=O)[nH]1)C(=O)NCc1cc(Cl)ccc1OC. The minimum Gasteiger partial charge on any atom is -0.496 e. The van der Waals surface area contributed by atoms with E-state index in [1.54, 1.807) is 48.4 Å². The fraction of sp³-hybridized carbons (Fsp3) is 0.286. The number of carbonyl (C=O) groups is 1. The molecule has 0 fully saturated rings. The van der Waals surface area contributed by atoms with Crippen molar-refractivity contribution < 1.29 is 9.53 Å². The lowest BCUT2D eigenvalue weighted by molar-refractivity contribution is 0.193. The summed E-state index contributed by atoms with van der Waals surface area (Å²) >= 11 is 12.1. The highest BCUT2D eigenvalue weighted by atomic mass is 35.5. The Bertz CT molecular complexity index is 1120. The van der Waals surface area contributed by atoms with Crippen molar-refractivity contribution in [3.8, 4) is 5.75 Å². The van der Waals surface area contributed by atoms with Crippen molar-refractivity contribution in [1.82, 2.24) is 20.2 Å². The highest BCUT2D eigenvalue weighted by molar-refractivity contribution is 6.31. The van der Waals surface area contributed by atoms with Gasteiger partial charge in [0.15, 0.2) is 0 Å². The van der Waals surface area contributed by atoms with Gasteiger partial charge in [-0.2, -0.15) is 0 Å². The zero-order chi connectivity index (χ0) is 21.7. The van der Waals surface area contributed by atoms with Crippen molar-refractivity contribution >= 4 is 40.1 Å². The number of hydrogen-bond donors (Lipinski definition) is 2. The van der Waals surface area contributed by atoms with Crippen molar-refractivity contribution in [3.05, 3.63) is 68.2 Å². The maximum Gasteiger partial charge on any atom is 0.318 e. The standard InChI is InChI=1S/C21H22Cl2N4O3/c1-3-8-27(21(29)24-11-13-9-14(22)5-7-18(13)30-2)12-19-25-17-10-15(23)4-6-16(17)20(28)26-19/h4-7,9-10H,3,8,11-12H2,1-2H3,(H,24,29)(H,25,26,28). The van der Waals surface area contributed by atoms with Crippen molar-refractivity contribution in [2.45, 2.75) is 26.4 Å². The van der Waals surface area contributed by atoms with E-state index in [4.69, 9.17) is 27.9 Å². The second-order valence-electron chi connectivity index (χ2n) is 6.71. The molecule has 0 saturated heterocycles. The summed E-state index contributed by atoms with van der Waals surface area (Å²) in [4.78, 5) is 33.9. The Morgan fingerprint density at radius 1 is 1.20 bits per heavy atom. The van der Waals surface area contributed by atoms with Crippen molar-refractivity contribution in [3.63, 3.8) is 0 Å². The van der Waals surface area contributed by atoms with Crippen LogP contribution in [0.2, 0.25) is 10.0 Å². The number of urea groups is 1. The molecule has 1 aromatic heterocycles. The normalized spacial score (nSPS) is 10.8. The molecule has 0 radical (unpaired) electrons. The van der Waals surface area contributed by atoms with Crippen LogP contribution in [-0.2, 0) is 13.1 Å². The van der Waals surface area contributed by atoms with Gasteiger partial charge in [-0.05, 0) is 42.8 Å². The third-order valence-electron chi connectivity index (χ3n) is 4.51. The Labute approximate surface area is 184 Å². The highest BCUT2D eigenvalue weighted by Crippen LogP contribution is 2.22. The van der Waals surface area contributed by atoms with Crippen LogP contribution in [0.4, 0.5) is 4.79 Å². The van der Waals surface area contributed by atoms with Gasteiger partial charge >= 0.3 is 6.03 Å². The van der Waals surface area contributed by atoms with Gasteiger partial charge in [0.05, 0.1) is 24.6 Å². The van der Waals surface area contributed by atoms with Crippen LogP contribution in [0, 0.1) is 0 Å². The average molecular weight is 449 g/mol. The van der Waals surface area contributed by atoms with Crippen LogP contribution in [0.25, 0.3) is 10.9 Å². The van der Waals surface area contributed by atoms with Gasteiger partial charge in [0.2, 0.25) is 0 Å². The molecule has 9 heteroatoms. The molecule has 0 unspecified atom stereocenters. The molecule has 2 N–H and O–H groups in total. The average Bonchev–Trinajstić information content (AvgIpc) is 2.71. The number of H-pyrrole nitrogens is 1. The molecule has 0 aliphatic rings. The molecule has 0 aliphatic carbocycles. The molecule has 7 nitrogen and oxygen atoms in total. The number of nitrogens with zero attached hydrogens (tertiary/aromatic N) is 2. The number of fused-ring (bicyclic) bond motifs is 1. The van der Waals surface area contributed by atoms with E-state index in [1.807, 2.05) is 6.92 Å². The van der Waals surface area contributed by atoms with Crippen molar-refractivity contribution in [2.75, 3.05) is 13.7 Å². The Morgan fingerprint density at radius 2 is 1.93 bits per heavy atom. The molecular weight excluding hydrogens is 427 g/mol. The predicted molar refractivity (Wildman–Crippen MR) is 118 cm³/mol. The van der Waals surface area contributed by atoms with Gasteiger partial charge in [-0.25, -0.2) is 9.78 Å². The molecule has 1 heterocycles. The Hall–Kier alpha value is -2.77. The summed E-state index contributed by atoms with van der Waals surface area (Å²) < 4.78 is 5.32. The molecular formula is C21H22Cl2N4O3. The third-order valence-corrected chi connectivity index (χ3v) is 4.98. The zero-order valence-electron chi connectivity index (χ0n) is 16.7. The van der Waals surface area contributed by atoms with Crippen molar-refractivity contribution in [1.29, 1.82) is 0 Å². The minimum atomic E-state index is -0.285. The lowest BCUT2D eigenvalue weighted by atomic mass is 10.2. The number of halogens is 2. The summed E-state index contributed by atoms with van der Waals surface area (Å²) in [7, 11) is 1.56. The second kappa shape index (κ2) is 9.82. The summed E-state index contributed by atoms with van der Waals surface area (Å²) in [6.45, 7) is 2.87. The van der Waals surface area contributed by atoms with E-state index >= 15 is 0 Å². The number of aromatic amines is 1. The summed E-state index contributed by atoms with van der Waals surface area (Å²) in [5, 5.41) is 4.37. The molecule has 3 rings (SSSR count). The van der Waals surface area contributed by atoms with Crippen LogP contribution in [0.3, 0.4) is 0 Å². The van der Waals surface area contributed by atoms with Crippen LogP contribution in [0.5, 0.6) is 5.75 Å². The number of ether oxygens (including phenoxy) is 1. The van der Waals surface area contributed by atoms with Crippen LogP contribution < -0.4 is 15.6 Å². The summed E-state index contributed by atoms with van der Waals surface area (Å²) in [6.07, 6.45) is 0.748. The van der Waals surface area contributed by atoms with E-state index in [-0.39, 0.29) is 24.7 Å². The van der Waals surface area contributed by atoms with Crippen LogP contribution in [0.1, 0.15) is 24.7 Å². The quantitative estimate of drug-likeness (QED) is 0.561. The van der Waals surface area contributed by atoms with Gasteiger partial charge < -0.3 is 19.9 Å². The minimum absolute atomic E-state index is 0.157. The first kappa shape index (κ1) is 21.9. The van der Waals surface area contributed by atoms with Crippen LogP contribution >= 0.6 is 23.2 Å². The lowest BCUT2D eigenvalue weighted by Crippen LogP contribution is -2.40. The predicted octanol–water partition coefficient (Wildman–Crippen LogP) is 4.36. The molecule has 2 amide bonds. The molecule has 3 aromatic rings. The monoisotopic (exact) mass is 448 g/mol. The largest absolute Gasteiger partial charge is 0.496 e. The van der Waals surface area contributed by atoms with Crippen LogP contribution in [-0.4, -0.2) is 34.6 Å². The van der Waals surface area contributed by atoms with Gasteiger partial charge in [-0.3, -0.25) is 4.79 Å². The first-order chi connectivity index (χ1) is 14.4. The maximum absolute atomic E-state index is 12.8. The topological polar surface area (TPSA) is 87.3 Å². The third kappa shape index (κ3) is 5.23. The van der Waals surface area contributed by atoms with Gasteiger partial charge in [0.1, 0.15) is 11.6 Å². The number of nitrogens with one attached hydrogen (secondary N) is 2. The van der Waals surface area contributed by atoms with E-state index < -0.39 is 0 Å². The Balaban J connectivity index is 1.77. The lowest BCUT2D eigenvalue weighted by Gasteiger charge is -2.22. The summed E-state index contributed by atoms with van der Waals surface area (Å²) in [5.74, 6) is 1.03. The molecule has 0 spiro atoms. The maximum atomic E-state index is 12.8. The van der Waals surface area contributed by atoms with E-state index in [1.165, 1.54) is 0 Å². The van der Waals surface area contributed by atoms with Gasteiger partial charge in [0.25, 0.3) is 5.56 Å². The zero-order valence-corrected chi connectivity index (χ0v) is 18.2.